The predicted molar refractivity (Wildman–Crippen MR) is 97.7 cm³/mol. The smallest absolute Gasteiger partial charge is 0.272 e. The Bertz CT molecular complexity index is 890. The molecule has 0 atom stereocenters. The Labute approximate surface area is 161 Å². The largest absolute Gasteiger partial charge is 0.454 e. The van der Waals surface area contributed by atoms with Crippen molar-refractivity contribution in [2.75, 3.05) is 38.4 Å². The molecule has 0 aliphatic carbocycles. The van der Waals surface area contributed by atoms with Gasteiger partial charge in [0.25, 0.3) is 5.91 Å². The second-order valence-corrected chi connectivity index (χ2v) is 6.88. The van der Waals surface area contributed by atoms with Crippen LogP contribution in [0.1, 0.15) is 23.3 Å². The topological polar surface area (TPSA) is 95.0 Å². The number of hydrogen-bond acceptors (Lipinski definition) is 8. The Morgan fingerprint density at radius 1 is 1.04 bits per heavy atom. The van der Waals surface area contributed by atoms with Crippen molar-refractivity contribution in [2.24, 2.45) is 0 Å². The zero-order valence-electron chi connectivity index (χ0n) is 15.2. The van der Waals surface area contributed by atoms with Gasteiger partial charge in [-0.05, 0) is 12.1 Å². The van der Waals surface area contributed by atoms with Gasteiger partial charge in [0.1, 0.15) is 17.8 Å². The van der Waals surface area contributed by atoms with Crippen LogP contribution in [0.15, 0.2) is 30.6 Å². The highest BCUT2D eigenvalue weighted by molar-refractivity contribution is 5.93. The first-order chi connectivity index (χ1) is 13.7. The number of anilines is 2. The molecule has 28 heavy (non-hydrogen) atoms. The molecule has 2 saturated heterocycles. The van der Waals surface area contributed by atoms with E-state index in [4.69, 9.17) is 18.9 Å². The minimum atomic E-state index is -0.505. The van der Waals surface area contributed by atoms with Gasteiger partial charge in [0.05, 0.1) is 13.2 Å². The van der Waals surface area contributed by atoms with E-state index >= 15 is 0 Å². The van der Waals surface area contributed by atoms with E-state index in [0.29, 0.717) is 62.2 Å². The molecule has 2 fully saturated rings. The van der Waals surface area contributed by atoms with Crippen LogP contribution in [-0.2, 0) is 9.47 Å². The number of amides is 1. The van der Waals surface area contributed by atoms with E-state index in [9.17, 15) is 4.79 Å². The molecule has 9 heteroatoms. The number of aromatic nitrogens is 2. The first-order valence-electron chi connectivity index (χ1n) is 9.27. The van der Waals surface area contributed by atoms with Crippen molar-refractivity contribution < 1.29 is 23.7 Å². The maximum absolute atomic E-state index is 12.9. The van der Waals surface area contributed by atoms with Gasteiger partial charge < -0.3 is 29.2 Å². The Balaban J connectivity index is 1.27. The van der Waals surface area contributed by atoms with Crippen LogP contribution in [0.3, 0.4) is 0 Å². The van der Waals surface area contributed by atoms with Crippen LogP contribution in [0.4, 0.5) is 11.5 Å². The van der Waals surface area contributed by atoms with Crippen molar-refractivity contribution in [1.29, 1.82) is 0 Å². The van der Waals surface area contributed by atoms with Gasteiger partial charge in [0.2, 0.25) is 6.79 Å². The lowest BCUT2D eigenvalue weighted by molar-refractivity contribution is -0.181. The second-order valence-electron chi connectivity index (χ2n) is 6.88. The lowest BCUT2D eigenvalue weighted by Crippen LogP contribution is -2.47. The molecule has 2 aromatic rings. The SMILES string of the molecule is O=C(c1cc(Nc2ccc3c(c2)OCO3)ncn1)N1CCC2(CC1)OCCO2. The first kappa shape index (κ1) is 17.2. The van der Waals surface area contributed by atoms with E-state index in [1.54, 1.807) is 11.0 Å². The highest BCUT2D eigenvalue weighted by Crippen LogP contribution is 2.35. The van der Waals surface area contributed by atoms with Crippen molar-refractivity contribution in [2.45, 2.75) is 18.6 Å². The summed E-state index contributed by atoms with van der Waals surface area (Å²) in [5.41, 5.74) is 1.14. The van der Waals surface area contributed by atoms with Gasteiger partial charge in [-0.2, -0.15) is 0 Å². The highest BCUT2D eigenvalue weighted by atomic mass is 16.7. The van der Waals surface area contributed by atoms with Crippen LogP contribution in [0.2, 0.25) is 0 Å². The highest BCUT2D eigenvalue weighted by Gasteiger charge is 2.41. The van der Waals surface area contributed by atoms with Gasteiger partial charge in [-0.3, -0.25) is 4.79 Å². The molecule has 3 aliphatic rings. The monoisotopic (exact) mass is 384 g/mol. The molecule has 5 rings (SSSR count). The first-order valence-corrected chi connectivity index (χ1v) is 9.27. The van der Waals surface area contributed by atoms with Crippen molar-refractivity contribution in [3.05, 3.63) is 36.3 Å². The Morgan fingerprint density at radius 3 is 2.64 bits per heavy atom. The number of nitrogens with one attached hydrogen (secondary N) is 1. The van der Waals surface area contributed by atoms with Gasteiger partial charge in [-0.15, -0.1) is 0 Å². The molecule has 1 amide bonds. The zero-order chi connectivity index (χ0) is 19.0. The Hall–Kier alpha value is -2.91. The van der Waals surface area contributed by atoms with E-state index in [-0.39, 0.29) is 12.7 Å². The minimum absolute atomic E-state index is 0.121. The average molecular weight is 384 g/mol. The summed E-state index contributed by atoms with van der Waals surface area (Å²) in [5, 5.41) is 3.17. The van der Waals surface area contributed by atoms with Gasteiger partial charge >= 0.3 is 0 Å². The van der Waals surface area contributed by atoms with Crippen LogP contribution in [0, 0.1) is 0 Å². The third-order valence-corrected chi connectivity index (χ3v) is 5.16. The molecule has 1 spiro atoms. The van der Waals surface area contributed by atoms with E-state index in [0.717, 1.165) is 5.69 Å². The summed E-state index contributed by atoms with van der Waals surface area (Å²) in [6, 6.07) is 7.18. The van der Waals surface area contributed by atoms with Gasteiger partial charge in [0.15, 0.2) is 17.3 Å². The van der Waals surface area contributed by atoms with Crippen molar-refractivity contribution >= 4 is 17.4 Å². The quantitative estimate of drug-likeness (QED) is 0.858. The number of piperidine rings is 1. The van der Waals surface area contributed by atoms with Gasteiger partial charge in [-0.25, -0.2) is 9.97 Å². The van der Waals surface area contributed by atoms with Gasteiger partial charge in [-0.1, -0.05) is 0 Å². The fourth-order valence-corrected chi connectivity index (χ4v) is 3.66. The molecule has 1 aromatic heterocycles. The summed E-state index contributed by atoms with van der Waals surface area (Å²) >= 11 is 0. The fraction of sp³-hybridized carbons (Fsp3) is 0.421. The number of carbonyl (C=O) groups is 1. The molecule has 0 radical (unpaired) electrons. The van der Waals surface area contributed by atoms with E-state index < -0.39 is 5.79 Å². The molecule has 1 N–H and O–H groups in total. The number of rotatable bonds is 3. The zero-order valence-corrected chi connectivity index (χ0v) is 15.2. The number of hydrogen-bond donors (Lipinski definition) is 1. The maximum Gasteiger partial charge on any atom is 0.272 e. The van der Waals surface area contributed by atoms with Crippen LogP contribution >= 0.6 is 0 Å². The Kier molecular flexibility index (Phi) is 4.25. The summed E-state index contributed by atoms with van der Waals surface area (Å²) in [6.07, 6.45) is 2.73. The van der Waals surface area contributed by atoms with E-state index in [2.05, 4.69) is 15.3 Å². The third kappa shape index (κ3) is 3.23. The lowest BCUT2D eigenvalue weighted by atomic mass is 10.0. The standard InChI is InChI=1S/C19H20N4O5/c24-18(23-5-3-19(4-6-23)27-7-8-28-19)14-10-17(21-11-20-14)22-13-1-2-15-16(9-13)26-12-25-15/h1-2,9-11H,3-8,12H2,(H,20,21,22). The average Bonchev–Trinajstić information content (AvgIpc) is 3.38. The van der Waals surface area contributed by atoms with Crippen molar-refractivity contribution in [1.82, 2.24) is 14.9 Å². The molecule has 9 nitrogen and oxygen atoms in total. The fourth-order valence-electron chi connectivity index (χ4n) is 3.66. The number of fused-ring (bicyclic) bond motifs is 1. The molecular weight excluding hydrogens is 364 g/mol. The van der Waals surface area contributed by atoms with E-state index in [1.807, 2.05) is 18.2 Å². The minimum Gasteiger partial charge on any atom is -0.454 e. The molecule has 3 aliphatic heterocycles. The van der Waals surface area contributed by atoms with E-state index in [1.165, 1.54) is 6.33 Å². The summed E-state index contributed by atoms with van der Waals surface area (Å²) in [7, 11) is 0. The van der Waals surface area contributed by atoms with Crippen LogP contribution in [0.5, 0.6) is 11.5 Å². The van der Waals surface area contributed by atoms with Gasteiger partial charge in [0, 0.05) is 43.8 Å². The van der Waals surface area contributed by atoms with Crippen LogP contribution < -0.4 is 14.8 Å². The molecular formula is C19H20N4O5. The Morgan fingerprint density at radius 2 is 1.82 bits per heavy atom. The lowest BCUT2D eigenvalue weighted by Gasteiger charge is -2.37. The molecule has 0 unspecified atom stereocenters. The number of carbonyl (C=O) groups excluding carboxylic acids is 1. The van der Waals surface area contributed by atoms with Crippen LogP contribution in [0.25, 0.3) is 0 Å². The third-order valence-electron chi connectivity index (χ3n) is 5.16. The summed E-state index contributed by atoms with van der Waals surface area (Å²) in [5.74, 6) is 1.29. The molecule has 4 heterocycles. The molecule has 146 valence electrons. The number of ether oxygens (including phenoxy) is 4. The predicted octanol–water partition coefficient (Wildman–Crippen LogP) is 1.93. The number of benzene rings is 1. The number of nitrogens with zero attached hydrogens (tertiary/aromatic N) is 3. The molecule has 1 aromatic carbocycles. The number of likely N-dealkylation sites (tertiary alicyclic amines) is 1. The van der Waals surface area contributed by atoms with Crippen LogP contribution in [-0.4, -0.2) is 59.7 Å². The molecule has 0 saturated carbocycles. The molecule has 0 bridgehead atoms. The summed E-state index contributed by atoms with van der Waals surface area (Å²) < 4.78 is 22.1. The normalized spacial score (nSPS) is 19.8. The second kappa shape index (κ2) is 6.92. The van der Waals surface area contributed by atoms with Crippen molar-refractivity contribution in [3.63, 3.8) is 0 Å². The maximum atomic E-state index is 12.9. The summed E-state index contributed by atoms with van der Waals surface area (Å²) in [4.78, 5) is 23.0. The van der Waals surface area contributed by atoms with Crippen molar-refractivity contribution in [3.8, 4) is 11.5 Å². The summed E-state index contributed by atoms with van der Waals surface area (Å²) in [6.45, 7) is 2.61.